The molecule has 4 nitrogen and oxygen atoms in total. The van der Waals surface area contributed by atoms with Crippen LogP contribution in [0, 0.1) is 46.3 Å². The molecule has 0 aromatic heterocycles. The van der Waals surface area contributed by atoms with Gasteiger partial charge in [-0.3, -0.25) is 0 Å². The quantitative estimate of drug-likeness (QED) is 0.548. The molecule has 31 heavy (non-hydrogen) atoms. The van der Waals surface area contributed by atoms with Crippen molar-refractivity contribution in [2.24, 2.45) is 46.3 Å². The first-order valence-electron chi connectivity index (χ1n) is 13.1. The van der Waals surface area contributed by atoms with Crippen LogP contribution >= 0.6 is 0 Å². The largest absolute Gasteiger partial charge is 0.390 e. The van der Waals surface area contributed by atoms with Crippen molar-refractivity contribution in [3.05, 3.63) is 11.6 Å². The van der Waals surface area contributed by atoms with Gasteiger partial charge in [-0.1, -0.05) is 39.3 Å². The Morgan fingerprint density at radius 3 is 2.58 bits per heavy atom. The molecule has 4 heteroatoms. The Bertz CT molecular complexity index is 769. The van der Waals surface area contributed by atoms with Crippen LogP contribution in [0.1, 0.15) is 79.1 Å². The Labute approximate surface area is 187 Å². The molecule has 2 unspecified atom stereocenters. The third-order valence-electron chi connectivity index (χ3n) is 11.4. The van der Waals surface area contributed by atoms with E-state index in [0.29, 0.717) is 53.4 Å². The van der Waals surface area contributed by atoms with Gasteiger partial charge in [0.05, 0.1) is 24.9 Å². The molecule has 0 aromatic carbocycles. The summed E-state index contributed by atoms with van der Waals surface area (Å²) in [6, 6.07) is 0. The van der Waals surface area contributed by atoms with Gasteiger partial charge in [-0.15, -0.1) is 0 Å². The maximum Gasteiger partial charge on any atom is 0.171 e. The molecule has 1 spiro atoms. The van der Waals surface area contributed by atoms with E-state index in [-0.39, 0.29) is 11.2 Å². The number of rotatable bonds is 0. The molecule has 0 aromatic rings. The second-order valence-corrected chi connectivity index (χ2v) is 12.8. The van der Waals surface area contributed by atoms with Crippen molar-refractivity contribution >= 4 is 0 Å². The first-order valence-corrected chi connectivity index (χ1v) is 13.1. The highest BCUT2D eigenvalue weighted by molar-refractivity contribution is 5.27. The van der Waals surface area contributed by atoms with Gasteiger partial charge in [-0.25, -0.2) is 0 Å². The average molecular weight is 431 g/mol. The highest BCUT2D eigenvalue weighted by Gasteiger charge is 2.68. The zero-order valence-electron chi connectivity index (χ0n) is 19.8. The van der Waals surface area contributed by atoms with Gasteiger partial charge in [0, 0.05) is 12.3 Å². The van der Waals surface area contributed by atoms with E-state index in [9.17, 15) is 10.2 Å². The predicted octanol–water partition coefficient (Wildman–Crippen LogP) is 4.68. The van der Waals surface area contributed by atoms with Crippen molar-refractivity contribution in [3.8, 4) is 0 Å². The standard InChI is InChI=1S/C27H42O4/c1-15-7-10-27(30-14-15)16(2)24-23(31-27)12-20-18-6-5-17-11-21(28)22(29)13-26(17,4)19(18)8-9-25(20,24)3/h5,15-16,18-24,28-29H,6-14H2,1-4H3/t15-,16?,18-,19?,20+,21-,22-,23+,24+,25+,26+,27-/m1/s1. The summed E-state index contributed by atoms with van der Waals surface area (Å²) < 4.78 is 13.3. The van der Waals surface area contributed by atoms with Crippen LogP contribution < -0.4 is 0 Å². The van der Waals surface area contributed by atoms with Crippen LogP contribution in [-0.2, 0) is 9.47 Å². The fourth-order valence-corrected chi connectivity index (χ4v) is 9.71. The van der Waals surface area contributed by atoms with Gasteiger partial charge in [0.2, 0.25) is 0 Å². The number of allylic oxidation sites excluding steroid dienone is 1. The van der Waals surface area contributed by atoms with Crippen molar-refractivity contribution < 1.29 is 19.7 Å². The van der Waals surface area contributed by atoms with E-state index in [1.807, 2.05) is 0 Å². The summed E-state index contributed by atoms with van der Waals surface area (Å²) in [5.74, 6) is 3.39. The summed E-state index contributed by atoms with van der Waals surface area (Å²) in [5.41, 5.74) is 1.80. The van der Waals surface area contributed by atoms with Crippen LogP contribution in [0.2, 0.25) is 0 Å². The van der Waals surface area contributed by atoms with Gasteiger partial charge < -0.3 is 19.7 Å². The van der Waals surface area contributed by atoms with Crippen LogP contribution in [0.5, 0.6) is 0 Å². The molecule has 2 N–H and O–H groups in total. The van der Waals surface area contributed by atoms with Gasteiger partial charge >= 0.3 is 0 Å². The SMILES string of the molecule is CC1[C@H]2[C@H](C[C@H]3[C@@H]4CC=C5C[C@@H](O)[C@H](O)C[C@]5(C)C4CC[C@@]32C)O[C@]12CC[C@@H](C)CO2. The zero-order chi connectivity index (χ0) is 21.8. The summed E-state index contributed by atoms with van der Waals surface area (Å²) in [6.07, 6.45) is 10.1. The number of aliphatic hydroxyl groups excluding tert-OH is 2. The Hall–Kier alpha value is -0.420. The maximum absolute atomic E-state index is 10.5. The molecule has 6 rings (SSSR count). The molecule has 3 saturated carbocycles. The molecule has 2 saturated heterocycles. The van der Waals surface area contributed by atoms with Gasteiger partial charge in [0.15, 0.2) is 5.79 Å². The van der Waals surface area contributed by atoms with Crippen molar-refractivity contribution in [3.63, 3.8) is 0 Å². The van der Waals surface area contributed by atoms with Crippen molar-refractivity contribution in [1.29, 1.82) is 0 Å². The third-order valence-corrected chi connectivity index (χ3v) is 11.4. The van der Waals surface area contributed by atoms with Gasteiger partial charge in [0.1, 0.15) is 0 Å². The van der Waals surface area contributed by atoms with Gasteiger partial charge in [-0.2, -0.15) is 0 Å². The summed E-state index contributed by atoms with van der Waals surface area (Å²) in [4.78, 5) is 0. The lowest BCUT2D eigenvalue weighted by Gasteiger charge is -2.59. The van der Waals surface area contributed by atoms with Crippen molar-refractivity contribution in [1.82, 2.24) is 0 Å². The van der Waals surface area contributed by atoms with Crippen molar-refractivity contribution in [2.45, 2.75) is 103 Å². The van der Waals surface area contributed by atoms with Crippen LogP contribution in [0.15, 0.2) is 11.6 Å². The Morgan fingerprint density at radius 1 is 1.03 bits per heavy atom. The van der Waals surface area contributed by atoms with E-state index in [1.54, 1.807) is 0 Å². The molecule has 0 bridgehead atoms. The molecule has 12 atom stereocenters. The van der Waals surface area contributed by atoms with Gasteiger partial charge in [0.25, 0.3) is 0 Å². The fourth-order valence-electron chi connectivity index (χ4n) is 9.71. The van der Waals surface area contributed by atoms with Gasteiger partial charge in [-0.05, 0) is 85.4 Å². The second-order valence-electron chi connectivity index (χ2n) is 12.8. The van der Waals surface area contributed by atoms with E-state index in [0.717, 1.165) is 25.9 Å². The molecule has 2 aliphatic heterocycles. The maximum atomic E-state index is 10.5. The van der Waals surface area contributed by atoms with Crippen LogP contribution in [-0.4, -0.2) is 40.9 Å². The summed E-state index contributed by atoms with van der Waals surface area (Å²) in [6.45, 7) is 10.5. The number of hydrogen-bond acceptors (Lipinski definition) is 4. The minimum absolute atomic E-state index is 0.0525. The molecular formula is C27H42O4. The highest BCUT2D eigenvalue weighted by Crippen LogP contribution is 2.70. The first-order chi connectivity index (χ1) is 14.7. The van der Waals surface area contributed by atoms with Crippen LogP contribution in [0.3, 0.4) is 0 Å². The molecule has 2 heterocycles. The number of ether oxygens (including phenoxy) is 2. The minimum atomic E-state index is -0.584. The fraction of sp³-hybridized carbons (Fsp3) is 0.926. The second kappa shape index (κ2) is 6.81. The lowest BCUT2D eigenvalue weighted by Crippen LogP contribution is -2.54. The Morgan fingerprint density at radius 2 is 1.84 bits per heavy atom. The van der Waals surface area contributed by atoms with Crippen LogP contribution in [0.4, 0.5) is 0 Å². The number of hydrogen-bond donors (Lipinski definition) is 2. The number of aliphatic hydroxyl groups is 2. The lowest BCUT2D eigenvalue weighted by molar-refractivity contribution is -0.272. The molecule has 0 amide bonds. The Kier molecular flexibility index (Phi) is 4.64. The van der Waals surface area contributed by atoms with E-state index >= 15 is 0 Å². The molecular weight excluding hydrogens is 388 g/mol. The minimum Gasteiger partial charge on any atom is -0.390 e. The first kappa shape index (κ1) is 21.1. The molecule has 0 radical (unpaired) electrons. The van der Waals surface area contributed by atoms with E-state index in [4.69, 9.17) is 9.47 Å². The zero-order valence-corrected chi connectivity index (χ0v) is 19.8. The molecule has 4 aliphatic carbocycles. The van der Waals surface area contributed by atoms with E-state index in [1.165, 1.54) is 31.3 Å². The molecule has 6 aliphatic rings. The molecule has 5 fully saturated rings. The normalized spacial score (nSPS) is 60.7. The summed E-state index contributed by atoms with van der Waals surface area (Å²) >= 11 is 0. The topological polar surface area (TPSA) is 58.9 Å². The third kappa shape index (κ3) is 2.74. The van der Waals surface area contributed by atoms with E-state index < -0.39 is 12.2 Å². The molecule has 174 valence electrons. The monoisotopic (exact) mass is 430 g/mol. The summed E-state index contributed by atoms with van der Waals surface area (Å²) in [5, 5.41) is 20.8. The summed E-state index contributed by atoms with van der Waals surface area (Å²) in [7, 11) is 0. The number of fused-ring (bicyclic) bond motifs is 7. The highest BCUT2D eigenvalue weighted by atomic mass is 16.7. The van der Waals surface area contributed by atoms with Crippen molar-refractivity contribution in [2.75, 3.05) is 6.61 Å². The van der Waals surface area contributed by atoms with E-state index in [2.05, 4.69) is 33.8 Å². The van der Waals surface area contributed by atoms with Crippen LogP contribution in [0.25, 0.3) is 0 Å². The average Bonchev–Trinajstić information content (AvgIpc) is 3.16. The Balaban J connectivity index is 1.28. The smallest absolute Gasteiger partial charge is 0.171 e. The lowest BCUT2D eigenvalue weighted by atomic mass is 9.46. The predicted molar refractivity (Wildman–Crippen MR) is 119 cm³/mol.